The lowest BCUT2D eigenvalue weighted by Crippen LogP contribution is -2.15. The summed E-state index contributed by atoms with van der Waals surface area (Å²) < 4.78 is 15.2. The third kappa shape index (κ3) is 4.31. The standard InChI is InChI=1S/C20H18Cl2FN3O/c1-20(2,3)17-11-18(26(25-17)14-6-4-5-13(23)10-14)24-19(27)12-7-8-15(21)16(22)9-12/h4-11H,1-3H3,(H,24,27). The Kier molecular flexibility index (Phi) is 5.27. The Morgan fingerprint density at radius 2 is 1.81 bits per heavy atom. The van der Waals surface area contributed by atoms with Gasteiger partial charge in [0.15, 0.2) is 0 Å². The van der Waals surface area contributed by atoms with Crippen LogP contribution in [-0.2, 0) is 5.41 Å². The van der Waals surface area contributed by atoms with Crippen LogP contribution in [0.1, 0.15) is 36.8 Å². The lowest BCUT2D eigenvalue weighted by Gasteiger charge is -2.14. The highest BCUT2D eigenvalue weighted by Gasteiger charge is 2.22. The molecule has 0 spiro atoms. The van der Waals surface area contributed by atoms with E-state index >= 15 is 0 Å². The Hall–Kier alpha value is -2.37. The van der Waals surface area contributed by atoms with Gasteiger partial charge in [-0.25, -0.2) is 9.07 Å². The van der Waals surface area contributed by atoms with Crippen LogP contribution in [0, 0.1) is 5.82 Å². The van der Waals surface area contributed by atoms with E-state index < -0.39 is 0 Å². The van der Waals surface area contributed by atoms with E-state index in [2.05, 4.69) is 10.4 Å². The topological polar surface area (TPSA) is 46.9 Å². The smallest absolute Gasteiger partial charge is 0.256 e. The highest BCUT2D eigenvalue weighted by atomic mass is 35.5. The van der Waals surface area contributed by atoms with Crippen molar-refractivity contribution in [2.75, 3.05) is 5.32 Å². The van der Waals surface area contributed by atoms with Crippen molar-refractivity contribution < 1.29 is 9.18 Å². The number of hydrogen-bond acceptors (Lipinski definition) is 2. The zero-order chi connectivity index (χ0) is 19.8. The monoisotopic (exact) mass is 405 g/mol. The van der Waals surface area contributed by atoms with Crippen LogP contribution in [0.3, 0.4) is 0 Å². The number of hydrogen-bond donors (Lipinski definition) is 1. The van der Waals surface area contributed by atoms with Gasteiger partial charge < -0.3 is 5.32 Å². The lowest BCUT2D eigenvalue weighted by atomic mass is 9.92. The van der Waals surface area contributed by atoms with Gasteiger partial charge in [0.25, 0.3) is 5.91 Å². The summed E-state index contributed by atoms with van der Waals surface area (Å²) in [5.41, 5.74) is 1.38. The molecule has 1 heterocycles. The molecule has 2 aromatic carbocycles. The predicted molar refractivity (Wildman–Crippen MR) is 107 cm³/mol. The van der Waals surface area contributed by atoms with Gasteiger partial charge in [-0.1, -0.05) is 50.0 Å². The molecule has 7 heteroatoms. The van der Waals surface area contributed by atoms with Crippen molar-refractivity contribution in [3.05, 3.63) is 75.7 Å². The molecule has 0 bridgehead atoms. The van der Waals surface area contributed by atoms with Gasteiger partial charge in [0.05, 0.1) is 21.4 Å². The van der Waals surface area contributed by atoms with Gasteiger partial charge in [0.2, 0.25) is 0 Å². The maximum atomic E-state index is 13.7. The first kappa shape index (κ1) is 19.4. The molecule has 140 valence electrons. The van der Waals surface area contributed by atoms with E-state index in [-0.39, 0.29) is 17.1 Å². The van der Waals surface area contributed by atoms with E-state index in [0.29, 0.717) is 27.1 Å². The SMILES string of the molecule is CC(C)(C)c1cc(NC(=O)c2ccc(Cl)c(Cl)c2)n(-c2cccc(F)c2)n1. The summed E-state index contributed by atoms with van der Waals surface area (Å²) in [6, 6.07) is 12.4. The first-order valence-corrected chi connectivity index (χ1v) is 9.03. The van der Waals surface area contributed by atoms with E-state index in [0.717, 1.165) is 5.69 Å². The summed E-state index contributed by atoms with van der Waals surface area (Å²) >= 11 is 11.9. The Labute approximate surface area is 166 Å². The van der Waals surface area contributed by atoms with Crippen molar-refractivity contribution in [1.29, 1.82) is 0 Å². The second-order valence-electron chi connectivity index (χ2n) is 7.14. The number of rotatable bonds is 3. The van der Waals surface area contributed by atoms with E-state index in [1.54, 1.807) is 30.3 Å². The highest BCUT2D eigenvalue weighted by molar-refractivity contribution is 6.42. The Balaban J connectivity index is 2.01. The molecule has 0 aliphatic rings. The third-order valence-electron chi connectivity index (χ3n) is 3.95. The van der Waals surface area contributed by atoms with Crippen LogP contribution in [-0.4, -0.2) is 15.7 Å². The molecular weight excluding hydrogens is 388 g/mol. The number of nitrogens with zero attached hydrogens (tertiary/aromatic N) is 2. The molecule has 1 N–H and O–H groups in total. The second kappa shape index (κ2) is 7.33. The van der Waals surface area contributed by atoms with Crippen molar-refractivity contribution in [3.8, 4) is 5.69 Å². The number of carbonyl (C=O) groups excluding carboxylic acids is 1. The first-order valence-electron chi connectivity index (χ1n) is 8.28. The zero-order valence-electron chi connectivity index (χ0n) is 15.1. The van der Waals surface area contributed by atoms with Gasteiger partial charge >= 0.3 is 0 Å². The van der Waals surface area contributed by atoms with Gasteiger partial charge in [0.1, 0.15) is 11.6 Å². The molecule has 0 radical (unpaired) electrons. The summed E-state index contributed by atoms with van der Waals surface area (Å²) in [7, 11) is 0. The maximum Gasteiger partial charge on any atom is 0.256 e. The lowest BCUT2D eigenvalue weighted by molar-refractivity contribution is 0.102. The predicted octanol–water partition coefficient (Wildman–Crippen LogP) is 5.87. The number of halogens is 3. The first-order chi connectivity index (χ1) is 12.6. The number of benzene rings is 2. The van der Waals surface area contributed by atoms with Crippen molar-refractivity contribution in [2.24, 2.45) is 0 Å². The minimum Gasteiger partial charge on any atom is -0.306 e. The average molecular weight is 406 g/mol. The van der Waals surface area contributed by atoms with Crippen LogP contribution >= 0.6 is 23.2 Å². The fourth-order valence-electron chi connectivity index (χ4n) is 2.47. The summed E-state index contributed by atoms with van der Waals surface area (Å²) in [5, 5.41) is 8.04. The van der Waals surface area contributed by atoms with Crippen LogP contribution in [0.4, 0.5) is 10.2 Å². The fraction of sp³-hybridized carbons (Fsp3) is 0.200. The molecule has 0 saturated carbocycles. The van der Waals surface area contributed by atoms with E-state index in [4.69, 9.17) is 23.2 Å². The van der Waals surface area contributed by atoms with Crippen molar-refractivity contribution in [3.63, 3.8) is 0 Å². The van der Waals surface area contributed by atoms with Gasteiger partial charge in [0, 0.05) is 17.0 Å². The van der Waals surface area contributed by atoms with Crippen molar-refractivity contribution in [1.82, 2.24) is 9.78 Å². The molecule has 0 atom stereocenters. The normalized spacial score (nSPS) is 11.5. The second-order valence-corrected chi connectivity index (χ2v) is 7.95. The maximum absolute atomic E-state index is 13.7. The van der Waals surface area contributed by atoms with Crippen LogP contribution in [0.25, 0.3) is 5.69 Å². The quantitative estimate of drug-likeness (QED) is 0.592. The van der Waals surface area contributed by atoms with Crippen LogP contribution in [0.5, 0.6) is 0 Å². The summed E-state index contributed by atoms with van der Waals surface area (Å²) in [6.45, 7) is 6.03. The molecule has 0 unspecified atom stereocenters. The highest BCUT2D eigenvalue weighted by Crippen LogP contribution is 2.28. The average Bonchev–Trinajstić information content (AvgIpc) is 3.01. The van der Waals surface area contributed by atoms with Crippen LogP contribution < -0.4 is 5.32 Å². The van der Waals surface area contributed by atoms with E-state index in [1.165, 1.54) is 22.9 Å². The van der Waals surface area contributed by atoms with Crippen molar-refractivity contribution in [2.45, 2.75) is 26.2 Å². The number of carbonyl (C=O) groups is 1. The molecule has 3 rings (SSSR count). The molecule has 0 aliphatic carbocycles. The van der Waals surface area contributed by atoms with Crippen molar-refractivity contribution >= 4 is 34.9 Å². The molecule has 4 nitrogen and oxygen atoms in total. The Morgan fingerprint density at radius 1 is 1.07 bits per heavy atom. The minimum atomic E-state index is -0.387. The molecule has 0 saturated heterocycles. The zero-order valence-corrected chi connectivity index (χ0v) is 16.6. The molecule has 0 fully saturated rings. The Morgan fingerprint density at radius 3 is 2.44 bits per heavy atom. The van der Waals surface area contributed by atoms with Gasteiger partial charge in [-0.3, -0.25) is 4.79 Å². The molecule has 1 amide bonds. The summed E-state index contributed by atoms with van der Waals surface area (Å²) in [4.78, 5) is 12.7. The van der Waals surface area contributed by atoms with Gasteiger partial charge in [-0.2, -0.15) is 5.10 Å². The number of nitrogens with one attached hydrogen (secondary N) is 1. The number of aromatic nitrogens is 2. The molecule has 27 heavy (non-hydrogen) atoms. The van der Waals surface area contributed by atoms with Gasteiger partial charge in [-0.05, 0) is 36.4 Å². The summed E-state index contributed by atoms with van der Waals surface area (Å²) in [5.74, 6) is -0.324. The molecule has 1 aromatic heterocycles. The molecular formula is C20H18Cl2FN3O. The Bertz CT molecular complexity index is 1010. The molecule has 3 aromatic rings. The van der Waals surface area contributed by atoms with E-state index in [1.807, 2.05) is 20.8 Å². The third-order valence-corrected chi connectivity index (χ3v) is 4.69. The van der Waals surface area contributed by atoms with E-state index in [9.17, 15) is 9.18 Å². The fourth-order valence-corrected chi connectivity index (χ4v) is 2.77. The van der Waals surface area contributed by atoms with Gasteiger partial charge in [-0.15, -0.1) is 0 Å². The number of anilines is 1. The van der Waals surface area contributed by atoms with Crippen LogP contribution in [0.2, 0.25) is 10.0 Å². The molecule has 0 aliphatic heterocycles. The number of amides is 1. The largest absolute Gasteiger partial charge is 0.306 e. The van der Waals surface area contributed by atoms with Crippen LogP contribution in [0.15, 0.2) is 48.5 Å². The minimum absolute atomic E-state index is 0.248. The summed E-state index contributed by atoms with van der Waals surface area (Å²) in [6.07, 6.45) is 0.